The minimum Gasteiger partial charge on any atom is -0.444 e. The molecule has 0 aromatic heterocycles. The second-order valence-corrected chi connectivity index (χ2v) is 9.60. The lowest BCUT2D eigenvalue weighted by Gasteiger charge is -2.41. The number of benzene rings is 1. The minimum absolute atomic E-state index is 0.0569. The van der Waals surface area contributed by atoms with Crippen LogP contribution in [0.4, 0.5) is 4.79 Å². The number of nitrogens with zero attached hydrogens (tertiary/aromatic N) is 2. The van der Waals surface area contributed by atoms with Crippen molar-refractivity contribution in [3.8, 4) is 0 Å². The van der Waals surface area contributed by atoms with E-state index in [0.29, 0.717) is 13.1 Å². The lowest BCUT2D eigenvalue weighted by Crippen LogP contribution is -2.59. The molecule has 1 heterocycles. The Morgan fingerprint density at radius 2 is 1.93 bits per heavy atom. The third-order valence-electron chi connectivity index (χ3n) is 4.54. The minimum atomic E-state index is -0.536. The number of alkyl carbamates (subject to hydrolysis) is 1. The van der Waals surface area contributed by atoms with Gasteiger partial charge >= 0.3 is 6.09 Å². The first-order valence-corrected chi connectivity index (χ1v) is 10.8. The first-order chi connectivity index (χ1) is 13.2. The molecule has 2 atom stereocenters. The van der Waals surface area contributed by atoms with Crippen LogP contribution in [-0.2, 0) is 15.3 Å². The Morgan fingerprint density at radius 3 is 2.57 bits per heavy atom. The third kappa shape index (κ3) is 7.36. The van der Waals surface area contributed by atoms with Gasteiger partial charge in [-0.3, -0.25) is 4.79 Å². The number of ether oxygens (including phenoxy) is 1. The lowest BCUT2D eigenvalue weighted by atomic mass is 10.1. The normalized spacial score (nSPS) is 19.2. The molecule has 0 bridgehead atoms. The highest BCUT2D eigenvalue weighted by Gasteiger charge is 2.32. The fraction of sp³-hybridized carbons (Fsp3) is 0.619. The number of thioether (sulfide) groups is 1. The van der Waals surface area contributed by atoms with Crippen LogP contribution in [0.2, 0.25) is 0 Å². The maximum absolute atomic E-state index is 13.1. The molecule has 1 saturated heterocycles. The predicted molar refractivity (Wildman–Crippen MR) is 114 cm³/mol. The molecule has 1 aromatic rings. The summed E-state index contributed by atoms with van der Waals surface area (Å²) in [6.07, 6.45) is -0.445. The van der Waals surface area contributed by atoms with E-state index < -0.39 is 11.7 Å². The molecule has 1 aromatic carbocycles. The number of rotatable bonds is 6. The van der Waals surface area contributed by atoms with E-state index in [0.717, 1.165) is 18.8 Å². The van der Waals surface area contributed by atoms with Crippen molar-refractivity contribution in [2.24, 2.45) is 0 Å². The molecule has 0 saturated carbocycles. The van der Waals surface area contributed by atoms with Crippen LogP contribution in [0.1, 0.15) is 33.3 Å². The van der Waals surface area contributed by atoms with Crippen molar-refractivity contribution < 1.29 is 14.3 Å². The molecule has 0 spiro atoms. The topological polar surface area (TPSA) is 61.9 Å². The number of likely N-dealkylation sites (N-methyl/N-ethyl adjacent to an activating group) is 1. The van der Waals surface area contributed by atoms with Gasteiger partial charge in [0.15, 0.2) is 0 Å². The van der Waals surface area contributed by atoms with E-state index in [1.165, 1.54) is 5.56 Å². The van der Waals surface area contributed by atoms with E-state index >= 15 is 0 Å². The fourth-order valence-electron chi connectivity index (χ4n) is 3.09. The maximum atomic E-state index is 13.1. The highest BCUT2D eigenvalue weighted by atomic mass is 32.2. The van der Waals surface area contributed by atoms with Gasteiger partial charge in [-0.1, -0.05) is 30.3 Å². The van der Waals surface area contributed by atoms with Gasteiger partial charge in [0.2, 0.25) is 5.91 Å². The molecule has 156 valence electrons. The number of piperazine rings is 1. The Kier molecular flexibility index (Phi) is 8.19. The molecule has 28 heavy (non-hydrogen) atoms. The number of carbonyl (C=O) groups excluding carboxylic acids is 2. The Bertz CT molecular complexity index is 648. The number of nitrogens with one attached hydrogen (secondary N) is 1. The Balaban J connectivity index is 1.91. The van der Waals surface area contributed by atoms with Crippen molar-refractivity contribution >= 4 is 23.8 Å². The number of amides is 2. The van der Waals surface area contributed by atoms with Crippen molar-refractivity contribution in [3.05, 3.63) is 35.9 Å². The van der Waals surface area contributed by atoms with Crippen molar-refractivity contribution in [2.75, 3.05) is 33.2 Å². The zero-order valence-corrected chi connectivity index (χ0v) is 18.4. The monoisotopic (exact) mass is 407 g/mol. The highest BCUT2D eigenvalue weighted by Crippen LogP contribution is 2.21. The van der Waals surface area contributed by atoms with Crippen LogP contribution in [0.15, 0.2) is 30.3 Å². The smallest absolute Gasteiger partial charge is 0.407 e. The second-order valence-electron chi connectivity index (χ2n) is 8.27. The standard InChI is InChI=1S/C21H33N3O3S/c1-16(28-15-17-9-7-6-8-10-17)19(25)24-12-11-23(5)14-18(24)13-22-20(26)27-21(2,3)4/h6-10,16,18H,11-15H2,1-5H3,(H,22,26). The zero-order valence-electron chi connectivity index (χ0n) is 17.6. The molecule has 2 amide bonds. The van der Waals surface area contributed by atoms with Crippen LogP contribution in [0.5, 0.6) is 0 Å². The second kappa shape index (κ2) is 10.2. The van der Waals surface area contributed by atoms with Gasteiger partial charge < -0.3 is 19.9 Å². The lowest BCUT2D eigenvalue weighted by molar-refractivity contribution is -0.134. The summed E-state index contributed by atoms with van der Waals surface area (Å²) in [6, 6.07) is 10.1. The molecule has 7 heteroatoms. The third-order valence-corrected chi connectivity index (χ3v) is 5.74. The van der Waals surface area contributed by atoms with Gasteiger partial charge in [-0.15, -0.1) is 11.8 Å². The van der Waals surface area contributed by atoms with E-state index in [2.05, 4.69) is 22.3 Å². The quantitative estimate of drug-likeness (QED) is 0.786. The van der Waals surface area contributed by atoms with E-state index in [1.54, 1.807) is 11.8 Å². The summed E-state index contributed by atoms with van der Waals surface area (Å²) >= 11 is 1.65. The van der Waals surface area contributed by atoms with Crippen molar-refractivity contribution in [1.29, 1.82) is 0 Å². The van der Waals surface area contributed by atoms with Crippen LogP contribution < -0.4 is 5.32 Å². The average Bonchev–Trinajstić information content (AvgIpc) is 2.63. The maximum Gasteiger partial charge on any atom is 0.407 e. The molecule has 1 fully saturated rings. The van der Waals surface area contributed by atoms with E-state index in [1.807, 2.05) is 57.8 Å². The molecule has 1 N–H and O–H groups in total. The zero-order chi connectivity index (χ0) is 20.7. The van der Waals surface area contributed by atoms with E-state index in [-0.39, 0.29) is 17.2 Å². The van der Waals surface area contributed by atoms with Crippen LogP contribution in [-0.4, -0.2) is 71.9 Å². The molecule has 0 aliphatic carbocycles. The van der Waals surface area contributed by atoms with Crippen molar-refractivity contribution in [2.45, 2.75) is 50.3 Å². The molecule has 1 aliphatic rings. The summed E-state index contributed by atoms with van der Waals surface area (Å²) < 4.78 is 5.32. The summed E-state index contributed by atoms with van der Waals surface area (Å²) in [5.74, 6) is 0.937. The summed E-state index contributed by atoms with van der Waals surface area (Å²) in [5, 5.41) is 2.69. The van der Waals surface area contributed by atoms with Gasteiger partial charge in [0.05, 0.1) is 11.3 Å². The van der Waals surface area contributed by atoms with E-state index in [4.69, 9.17) is 4.74 Å². The van der Waals surface area contributed by atoms with Crippen LogP contribution in [0, 0.1) is 0 Å². The molecule has 2 unspecified atom stereocenters. The summed E-state index contributed by atoms with van der Waals surface area (Å²) in [6.45, 7) is 10.1. The predicted octanol–water partition coefficient (Wildman–Crippen LogP) is 2.98. The number of hydrogen-bond acceptors (Lipinski definition) is 5. The molecular weight excluding hydrogens is 374 g/mol. The Morgan fingerprint density at radius 1 is 1.25 bits per heavy atom. The first kappa shape index (κ1) is 22.6. The van der Waals surface area contributed by atoms with Gasteiger partial charge in [0.25, 0.3) is 0 Å². The molecule has 0 radical (unpaired) electrons. The van der Waals surface area contributed by atoms with Crippen LogP contribution >= 0.6 is 11.8 Å². The van der Waals surface area contributed by atoms with Gasteiger partial charge in [-0.25, -0.2) is 4.79 Å². The first-order valence-electron chi connectivity index (χ1n) is 9.77. The highest BCUT2D eigenvalue weighted by molar-refractivity contribution is 7.99. The average molecular weight is 408 g/mol. The van der Waals surface area contributed by atoms with Crippen molar-refractivity contribution in [1.82, 2.24) is 15.1 Å². The number of carbonyl (C=O) groups is 2. The molecule has 1 aliphatic heterocycles. The van der Waals surface area contributed by atoms with Gasteiger partial charge in [-0.05, 0) is 40.3 Å². The van der Waals surface area contributed by atoms with Crippen molar-refractivity contribution in [3.63, 3.8) is 0 Å². The summed E-state index contributed by atoms with van der Waals surface area (Å²) in [7, 11) is 2.04. The van der Waals surface area contributed by atoms with Gasteiger partial charge in [0, 0.05) is 31.9 Å². The Labute approximate surface area is 173 Å². The largest absolute Gasteiger partial charge is 0.444 e. The molecule has 2 rings (SSSR count). The van der Waals surface area contributed by atoms with Gasteiger partial charge in [-0.2, -0.15) is 0 Å². The van der Waals surface area contributed by atoms with Gasteiger partial charge in [0.1, 0.15) is 5.60 Å². The summed E-state index contributed by atoms with van der Waals surface area (Å²) in [4.78, 5) is 29.2. The fourth-order valence-corrected chi connectivity index (χ4v) is 4.00. The van der Waals surface area contributed by atoms with E-state index in [9.17, 15) is 9.59 Å². The SMILES string of the molecule is CC(SCc1ccccc1)C(=O)N1CCN(C)CC1CNC(=O)OC(C)(C)C. The molecule has 6 nitrogen and oxygen atoms in total. The van der Waals surface area contributed by atoms with Crippen LogP contribution in [0.25, 0.3) is 0 Å². The number of hydrogen-bond donors (Lipinski definition) is 1. The molecular formula is C21H33N3O3S. The van der Waals surface area contributed by atoms with Crippen LogP contribution in [0.3, 0.4) is 0 Å². The Hall–Kier alpha value is -1.73. The summed E-state index contributed by atoms with van der Waals surface area (Å²) in [5.41, 5.74) is 0.680.